The van der Waals surface area contributed by atoms with Crippen LogP contribution in [0.4, 0.5) is 14.5 Å². The van der Waals surface area contributed by atoms with Crippen LogP contribution in [0, 0.1) is 18.6 Å². The Morgan fingerprint density at radius 1 is 1.35 bits per heavy atom. The number of ether oxygens (including phenoxy) is 1. The third-order valence-electron chi connectivity index (χ3n) is 2.07. The molecule has 17 heavy (non-hydrogen) atoms. The lowest BCUT2D eigenvalue weighted by Gasteiger charge is -2.06. The van der Waals surface area contributed by atoms with E-state index in [0.717, 1.165) is 17.8 Å². The molecule has 0 saturated heterocycles. The number of nitrogens with zero attached hydrogens (tertiary/aromatic N) is 1. The fraction of sp³-hybridized carbons (Fsp3) is 0.182. The first-order chi connectivity index (χ1) is 8.06. The van der Waals surface area contributed by atoms with E-state index < -0.39 is 11.6 Å². The fourth-order valence-corrected chi connectivity index (χ4v) is 1.95. The van der Waals surface area contributed by atoms with Gasteiger partial charge in [0.1, 0.15) is 17.4 Å². The lowest BCUT2D eigenvalue weighted by atomic mass is 10.3. The average molecular weight is 256 g/mol. The number of halogens is 2. The van der Waals surface area contributed by atoms with Gasteiger partial charge in [-0.3, -0.25) is 0 Å². The van der Waals surface area contributed by atoms with Crippen molar-refractivity contribution in [2.45, 2.75) is 13.5 Å². The van der Waals surface area contributed by atoms with Crippen LogP contribution in [0.2, 0.25) is 0 Å². The van der Waals surface area contributed by atoms with Gasteiger partial charge in [-0.05, 0) is 6.92 Å². The number of nitrogens with two attached hydrogens (primary N) is 1. The number of hydrogen-bond acceptors (Lipinski definition) is 4. The van der Waals surface area contributed by atoms with E-state index >= 15 is 0 Å². The maximum atomic E-state index is 13.3. The molecular formula is C11H10F2N2OS. The summed E-state index contributed by atoms with van der Waals surface area (Å²) in [5.74, 6) is -1.54. The molecule has 0 amide bonds. The van der Waals surface area contributed by atoms with E-state index in [0.29, 0.717) is 5.01 Å². The highest BCUT2D eigenvalue weighted by Crippen LogP contribution is 2.24. The predicted molar refractivity (Wildman–Crippen MR) is 62.0 cm³/mol. The van der Waals surface area contributed by atoms with Crippen LogP contribution < -0.4 is 10.5 Å². The average Bonchev–Trinajstić information content (AvgIpc) is 2.68. The molecule has 0 saturated carbocycles. The van der Waals surface area contributed by atoms with Crippen molar-refractivity contribution in [1.29, 1.82) is 0 Å². The van der Waals surface area contributed by atoms with E-state index in [1.807, 2.05) is 12.3 Å². The Bertz CT molecular complexity index is 542. The molecule has 0 radical (unpaired) electrons. The van der Waals surface area contributed by atoms with E-state index in [9.17, 15) is 8.78 Å². The molecule has 2 N–H and O–H groups in total. The maximum absolute atomic E-state index is 13.3. The van der Waals surface area contributed by atoms with Crippen LogP contribution in [0.5, 0.6) is 5.75 Å². The second kappa shape index (κ2) is 4.67. The van der Waals surface area contributed by atoms with Crippen LogP contribution in [0.1, 0.15) is 10.7 Å². The van der Waals surface area contributed by atoms with Crippen molar-refractivity contribution in [3.05, 3.63) is 39.8 Å². The third-order valence-corrected chi connectivity index (χ3v) is 3.01. The molecule has 0 fully saturated rings. The van der Waals surface area contributed by atoms with Crippen molar-refractivity contribution in [2.24, 2.45) is 0 Å². The summed E-state index contributed by atoms with van der Waals surface area (Å²) in [7, 11) is 0. The Labute approximate surface area is 101 Å². The molecule has 0 aliphatic heterocycles. The molecule has 0 atom stereocenters. The summed E-state index contributed by atoms with van der Waals surface area (Å²) in [6.07, 6.45) is 0. The largest absolute Gasteiger partial charge is 0.483 e. The number of aromatic nitrogens is 1. The minimum absolute atomic E-state index is 0.110. The van der Waals surface area contributed by atoms with Crippen molar-refractivity contribution in [2.75, 3.05) is 5.73 Å². The molecule has 0 unspecified atom stereocenters. The smallest absolute Gasteiger partial charge is 0.167 e. The highest BCUT2D eigenvalue weighted by Gasteiger charge is 2.09. The summed E-state index contributed by atoms with van der Waals surface area (Å²) < 4.78 is 31.6. The van der Waals surface area contributed by atoms with Crippen LogP contribution in [0.15, 0.2) is 17.5 Å². The van der Waals surface area contributed by atoms with Crippen molar-refractivity contribution in [3.8, 4) is 5.75 Å². The molecule has 90 valence electrons. The molecule has 1 aromatic heterocycles. The monoisotopic (exact) mass is 256 g/mol. The molecule has 0 aliphatic rings. The molecule has 0 bridgehead atoms. The van der Waals surface area contributed by atoms with Gasteiger partial charge < -0.3 is 10.5 Å². The fourth-order valence-electron chi connectivity index (χ4n) is 1.26. The standard InChI is InChI=1S/C11H10F2N2OS/c1-6-5-17-11(15-6)4-16-10-3-7(12)9(14)2-8(10)13/h2-3,5H,4,14H2,1H3. The van der Waals surface area contributed by atoms with Crippen LogP contribution in [-0.2, 0) is 6.61 Å². The maximum Gasteiger partial charge on any atom is 0.167 e. The number of benzene rings is 1. The van der Waals surface area contributed by atoms with Gasteiger partial charge in [-0.1, -0.05) is 0 Å². The van der Waals surface area contributed by atoms with E-state index in [1.54, 1.807) is 0 Å². The van der Waals surface area contributed by atoms with Gasteiger partial charge >= 0.3 is 0 Å². The second-order valence-corrected chi connectivity index (χ2v) is 4.42. The molecule has 0 aliphatic carbocycles. The summed E-state index contributed by atoms with van der Waals surface area (Å²) >= 11 is 1.40. The van der Waals surface area contributed by atoms with E-state index in [4.69, 9.17) is 10.5 Å². The van der Waals surface area contributed by atoms with Gasteiger partial charge in [0.15, 0.2) is 11.6 Å². The van der Waals surface area contributed by atoms with E-state index in [-0.39, 0.29) is 18.0 Å². The number of aryl methyl sites for hydroxylation is 1. The van der Waals surface area contributed by atoms with Gasteiger partial charge in [-0.15, -0.1) is 11.3 Å². The minimum atomic E-state index is -0.697. The molecular weight excluding hydrogens is 246 g/mol. The highest BCUT2D eigenvalue weighted by atomic mass is 32.1. The van der Waals surface area contributed by atoms with Crippen LogP contribution in [0.25, 0.3) is 0 Å². The first-order valence-corrected chi connectivity index (χ1v) is 5.72. The Balaban J connectivity index is 2.11. The lowest BCUT2D eigenvalue weighted by Crippen LogP contribution is -2.00. The van der Waals surface area contributed by atoms with Gasteiger partial charge in [0.2, 0.25) is 0 Å². The van der Waals surface area contributed by atoms with Gasteiger partial charge in [0.25, 0.3) is 0 Å². The SMILES string of the molecule is Cc1csc(COc2cc(F)c(N)cc2F)n1. The van der Waals surface area contributed by atoms with Gasteiger partial charge in [-0.2, -0.15) is 0 Å². The molecule has 3 nitrogen and oxygen atoms in total. The van der Waals surface area contributed by atoms with E-state index in [2.05, 4.69) is 4.98 Å². The zero-order valence-corrected chi connectivity index (χ0v) is 9.85. The molecule has 6 heteroatoms. The summed E-state index contributed by atoms with van der Waals surface area (Å²) in [6.45, 7) is 1.96. The lowest BCUT2D eigenvalue weighted by molar-refractivity contribution is 0.288. The highest BCUT2D eigenvalue weighted by molar-refractivity contribution is 7.09. The number of nitrogen functional groups attached to an aromatic ring is 1. The molecule has 0 spiro atoms. The Hall–Kier alpha value is -1.69. The summed E-state index contributed by atoms with van der Waals surface area (Å²) in [4.78, 5) is 4.15. The quantitative estimate of drug-likeness (QED) is 0.859. The summed E-state index contributed by atoms with van der Waals surface area (Å²) in [6, 6.07) is 1.84. The first-order valence-electron chi connectivity index (χ1n) is 4.84. The van der Waals surface area contributed by atoms with Crippen LogP contribution in [0.3, 0.4) is 0 Å². The van der Waals surface area contributed by atoms with Crippen LogP contribution in [-0.4, -0.2) is 4.98 Å². The van der Waals surface area contributed by atoms with Crippen molar-refractivity contribution < 1.29 is 13.5 Å². The van der Waals surface area contributed by atoms with Crippen molar-refractivity contribution >= 4 is 17.0 Å². The summed E-state index contributed by atoms with van der Waals surface area (Å²) in [5, 5.41) is 2.57. The number of rotatable bonds is 3. The third kappa shape index (κ3) is 2.71. The molecule has 2 aromatic rings. The van der Waals surface area contributed by atoms with Gasteiger partial charge in [-0.25, -0.2) is 13.8 Å². The van der Waals surface area contributed by atoms with E-state index in [1.165, 1.54) is 11.3 Å². The predicted octanol–water partition coefficient (Wildman–Crippen LogP) is 2.89. The van der Waals surface area contributed by atoms with Crippen LogP contribution >= 0.6 is 11.3 Å². The van der Waals surface area contributed by atoms with Gasteiger partial charge in [0.05, 0.1) is 5.69 Å². The topological polar surface area (TPSA) is 48.1 Å². The summed E-state index contributed by atoms with van der Waals surface area (Å²) in [5.41, 5.74) is 5.86. The number of anilines is 1. The molecule has 1 heterocycles. The minimum Gasteiger partial charge on any atom is -0.483 e. The zero-order chi connectivity index (χ0) is 12.4. The zero-order valence-electron chi connectivity index (χ0n) is 9.04. The van der Waals surface area contributed by atoms with Gasteiger partial charge in [0, 0.05) is 23.2 Å². The number of thiazole rings is 1. The number of hydrogen-bond donors (Lipinski definition) is 1. The Morgan fingerprint density at radius 2 is 2.12 bits per heavy atom. The Morgan fingerprint density at radius 3 is 2.76 bits per heavy atom. The molecule has 1 aromatic carbocycles. The normalized spacial score (nSPS) is 10.5. The second-order valence-electron chi connectivity index (χ2n) is 3.48. The Kier molecular flexibility index (Phi) is 3.23. The van der Waals surface area contributed by atoms with Crippen molar-refractivity contribution in [1.82, 2.24) is 4.98 Å². The first kappa shape index (κ1) is 11.8. The molecule has 2 rings (SSSR count). The van der Waals surface area contributed by atoms with Crippen molar-refractivity contribution in [3.63, 3.8) is 0 Å².